The molecule has 5 nitrogen and oxygen atoms in total. The zero-order valence-corrected chi connectivity index (χ0v) is 12.8. The van der Waals surface area contributed by atoms with Crippen LogP contribution in [0.5, 0.6) is 0 Å². The van der Waals surface area contributed by atoms with Crippen molar-refractivity contribution in [3.05, 3.63) is 22.4 Å². The first-order valence-electron chi connectivity index (χ1n) is 6.86. The molecule has 1 aromatic rings. The molecule has 0 radical (unpaired) electrons. The summed E-state index contributed by atoms with van der Waals surface area (Å²) in [6.45, 7) is 1.32. The summed E-state index contributed by atoms with van der Waals surface area (Å²) in [4.78, 5) is 13.1. The van der Waals surface area contributed by atoms with Gasteiger partial charge in [0.05, 0.1) is 11.2 Å². The smallest absolute Gasteiger partial charge is 0.225 e. The van der Waals surface area contributed by atoms with Gasteiger partial charge in [0.15, 0.2) is 0 Å². The van der Waals surface area contributed by atoms with Crippen molar-refractivity contribution >= 4 is 27.3 Å². The molecule has 0 unspecified atom stereocenters. The molecule has 20 heavy (non-hydrogen) atoms. The number of amides is 1. The van der Waals surface area contributed by atoms with E-state index >= 15 is 0 Å². The third-order valence-corrected chi connectivity index (χ3v) is 7.04. The summed E-state index contributed by atoms with van der Waals surface area (Å²) in [5.74, 6) is -0.198. The highest BCUT2D eigenvalue weighted by Crippen LogP contribution is 2.34. The van der Waals surface area contributed by atoms with Gasteiger partial charge in [0, 0.05) is 24.5 Å². The maximum atomic E-state index is 11.9. The number of thiophene rings is 1. The molecule has 0 atom stereocenters. The van der Waals surface area contributed by atoms with E-state index in [2.05, 4.69) is 5.32 Å². The highest BCUT2D eigenvalue weighted by atomic mass is 32.2. The van der Waals surface area contributed by atoms with E-state index in [4.69, 9.17) is 0 Å². The van der Waals surface area contributed by atoms with Gasteiger partial charge in [-0.2, -0.15) is 4.31 Å². The minimum absolute atomic E-state index is 0.0243. The molecule has 0 aromatic carbocycles. The molecule has 1 saturated carbocycles. The summed E-state index contributed by atoms with van der Waals surface area (Å²) in [5, 5.41) is 4.73. The van der Waals surface area contributed by atoms with Gasteiger partial charge in [-0.3, -0.25) is 4.79 Å². The van der Waals surface area contributed by atoms with Gasteiger partial charge in [-0.1, -0.05) is 6.07 Å². The number of nitrogens with zero attached hydrogens (tertiary/aromatic N) is 1. The second kappa shape index (κ2) is 5.46. The fourth-order valence-corrected chi connectivity index (χ4v) is 4.93. The lowest BCUT2D eigenvalue weighted by Crippen LogP contribution is -2.56. The van der Waals surface area contributed by atoms with E-state index in [1.54, 1.807) is 11.3 Å². The highest BCUT2D eigenvalue weighted by Gasteiger charge is 2.46. The zero-order valence-electron chi connectivity index (χ0n) is 11.1. The Balaban J connectivity index is 1.40. The molecule has 0 bridgehead atoms. The van der Waals surface area contributed by atoms with E-state index in [9.17, 15) is 13.2 Å². The van der Waals surface area contributed by atoms with Crippen LogP contribution in [0.15, 0.2) is 17.5 Å². The number of rotatable bonds is 6. The molecule has 0 spiro atoms. The van der Waals surface area contributed by atoms with Crippen LogP contribution in [0.4, 0.5) is 0 Å². The van der Waals surface area contributed by atoms with Crippen molar-refractivity contribution in [2.24, 2.45) is 5.92 Å². The van der Waals surface area contributed by atoms with Crippen molar-refractivity contribution < 1.29 is 13.2 Å². The lowest BCUT2D eigenvalue weighted by molar-refractivity contribution is -0.128. The van der Waals surface area contributed by atoms with Crippen LogP contribution < -0.4 is 5.32 Å². The number of hydrogen-bond acceptors (Lipinski definition) is 4. The van der Waals surface area contributed by atoms with E-state index in [1.807, 2.05) is 17.5 Å². The largest absolute Gasteiger partial charge is 0.355 e. The Labute approximate surface area is 123 Å². The summed E-state index contributed by atoms with van der Waals surface area (Å²) in [6, 6.07) is 4.04. The van der Waals surface area contributed by atoms with Gasteiger partial charge in [0.1, 0.15) is 0 Å². The van der Waals surface area contributed by atoms with Gasteiger partial charge in [0.25, 0.3) is 0 Å². The van der Waals surface area contributed by atoms with E-state index in [0.29, 0.717) is 19.6 Å². The third-order valence-electron chi connectivity index (χ3n) is 3.78. The summed E-state index contributed by atoms with van der Waals surface area (Å²) in [7, 11) is -3.10. The Bertz CT molecular complexity index is 573. The van der Waals surface area contributed by atoms with Crippen LogP contribution in [-0.2, 0) is 21.2 Å². The molecule has 2 fully saturated rings. The molecule has 1 N–H and O–H groups in total. The maximum absolute atomic E-state index is 11.9. The second-order valence-corrected chi connectivity index (χ2v) is 8.62. The normalized spacial score (nSPS) is 20.6. The first-order chi connectivity index (χ1) is 9.57. The minimum Gasteiger partial charge on any atom is -0.355 e. The van der Waals surface area contributed by atoms with Crippen molar-refractivity contribution in [1.29, 1.82) is 0 Å². The number of hydrogen-bond donors (Lipinski definition) is 1. The van der Waals surface area contributed by atoms with E-state index in [-0.39, 0.29) is 17.1 Å². The first-order valence-corrected chi connectivity index (χ1v) is 9.25. The zero-order chi connectivity index (χ0) is 14.2. The predicted molar refractivity (Wildman–Crippen MR) is 78.0 cm³/mol. The molecule has 110 valence electrons. The van der Waals surface area contributed by atoms with Crippen LogP contribution in [0.2, 0.25) is 0 Å². The van der Waals surface area contributed by atoms with Crippen LogP contribution in [0.1, 0.15) is 17.7 Å². The highest BCUT2D eigenvalue weighted by molar-refractivity contribution is 7.90. The van der Waals surface area contributed by atoms with Crippen molar-refractivity contribution in [3.63, 3.8) is 0 Å². The van der Waals surface area contributed by atoms with Crippen molar-refractivity contribution in [3.8, 4) is 0 Å². The molecular weight excluding hydrogens is 296 g/mol. The summed E-state index contributed by atoms with van der Waals surface area (Å²) in [5.41, 5.74) is 0. The number of carbonyl (C=O) groups is 1. The average Bonchev–Trinajstić information content (AvgIpc) is 3.07. The molecule has 1 aliphatic carbocycles. The molecule has 1 aliphatic heterocycles. The monoisotopic (exact) mass is 314 g/mol. The van der Waals surface area contributed by atoms with Crippen LogP contribution in [-0.4, -0.2) is 43.5 Å². The SMILES string of the molecule is O=C(NCCc1cccs1)C1CN(S(=O)(=O)C2CC2)C1. The molecule has 2 aliphatic rings. The quantitative estimate of drug-likeness (QED) is 0.846. The Morgan fingerprint density at radius 2 is 2.15 bits per heavy atom. The van der Waals surface area contributed by atoms with E-state index in [1.165, 1.54) is 9.18 Å². The lowest BCUT2D eigenvalue weighted by atomic mass is 10.0. The van der Waals surface area contributed by atoms with E-state index in [0.717, 1.165) is 19.3 Å². The lowest BCUT2D eigenvalue weighted by Gasteiger charge is -2.37. The summed E-state index contributed by atoms with van der Waals surface area (Å²) in [6.07, 6.45) is 2.38. The Morgan fingerprint density at radius 1 is 1.40 bits per heavy atom. The summed E-state index contributed by atoms with van der Waals surface area (Å²) < 4.78 is 25.3. The van der Waals surface area contributed by atoms with Crippen molar-refractivity contribution in [2.45, 2.75) is 24.5 Å². The van der Waals surface area contributed by atoms with Crippen LogP contribution in [0.3, 0.4) is 0 Å². The Morgan fingerprint density at radius 3 is 2.75 bits per heavy atom. The predicted octanol–water partition coefficient (Wildman–Crippen LogP) is 0.831. The fourth-order valence-electron chi connectivity index (χ4n) is 2.30. The van der Waals surface area contributed by atoms with Gasteiger partial charge in [-0.15, -0.1) is 11.3 Å². The van der Waals surface area contributed by atoms with Crippen LogP contribution in [0, 0.1) is 5.92 Å². The number of carbonyl (C=O) groups excluding carboxylic acids is 1. The van der Waals surface area contributed by atoms with Crippen LogP contribution >= 0.6 is 11.3 Å². The molecular formula is C13H18N2O3S2. The van der Waals surface area contributed by atoms with Gasteiger partial charge in [-0.05, 0) is 30.7 Å². The van der Waals surface area contributed by atoms with Crippen molar-refractivity contribution in [2.75, 3.05) is 19.6 Å². The molecule has 1 aromatic heterocycles. The average molecular weight is 314 g/mol. The Kier molecular flexibility index (Phi) is 3.83. The summed E-state index contributed by atoms with van der Waals surface area (Å²) >= 11 is 1.68. The van der Waals surface area contributed by atoms with Gasteiger partial charge >= 0.3 is 0 Å². The molecule has 7 heteroatoms. The second-order valence-electron chi connectivity index (χ2n) is 5.38. The molecule has 1 saturated heterocycles. The maximum Gasteiger partial charge on any atom is 0.225 e. The molecule has 2 heterocycles. The minimum atomic E-state index is -3.10. The van der Waals surface area contributed by atoms with Crippen LogP contribution in [0.25, 0.3) is 0 Å². The van der Waals surface area contributed by atoms with Gasteiger partial charge in [-0.25, -0.2) is 8.42 Å². The van der Waals surface area contributed by atoms with E-state index < -0.39 is 10.0 Å². The van der Waals surface area contributed by atoms with Gasteiger partial charge < -0.3 is 5.32 Å². The Hall–Kier alpha value is -0.920. The third kappa shape index (κ3) is 2.89. The number of sulfonamides is 1. The number of nitrogens with one attached hydrogen (secondary N) is 1. The standard InChI is InChI=1S/C13H18N2O3S2/c16-13(14-6-5-11-2-1-7-19-11)10-8-15(9-10)20(17,18)12-3-4-12/h1-2,7,10,12H,3-6,8-9H2,(H,14,16). The van der Waals surface area contributed by atoms with Gasteiger partial charge in [0.2, 0.25) is 15.9 Å². The fraction of sp³-hybridized carbons (Fsp3) is 0.615. The first kappa shape index (κ1) is 14.0. The van der Waals surface area contributed by atoms with Crippen molar-refractivity contribution in [1.82, 2.24) is 9.62 Å². The molecule has 3 rings (SSSR count). The topological polar surface area (TPSA) is 66.5 Å². The molecule has 1 amide bonds.